The lowest BCUT2D eigenvalue weighted by molar-refractivity contribution is 0.0264. The fourth-order valence-electron chi connectivity index (χ4n) is 3.47. The van der Waals surface area contributed by atoms with Crippen LogP contribution in [0.3, 0.4) is 0 Å². The van der Waals surface area contributed by atoms with Crippen LogP contribution in [-0.2, 0) is 4.74 Å². The van der Waals surface area contributed by atoms with Gasteiger partial charge in [0.25, 0.3) is 0 Å². The van der Waals surface area contributed by atoms with Crippen LogP contribution in [0.25, 0.3) is 0 Å². The Hall–Kier alpha value is -0.770. The van der Waals surface area contributed by atoms with Crippen molar-refractivity contribution in [3.05, 3.63) is 0 Å². The van der Waals surface area contributed by atoms with Crippen LogP contribution in [0.1, 0.15) is 77.0 Å². The zero-order chi connectivity index (χ0) is 15.5. The van der Waals surface area contributed by atoms with Crippen molar-refractivity contribution in [1.29, 1.82) is 0 Å². The maximum atomic E-state index is 6.11. The Morgan fingerprint density at radius 3 is 2.32 bits per heavy atom. The molecule has 0 aromatic rings. The van der Waals surface area contributed by atoms with Gasteiger partial charge >= 0.3 is 0 Å². The highest BCUT2D eigenvalue weighted by atomic mass is 16.5. The molecular formula is C18H35N3O. The van der Waals surface area contributed by atoms with E-state index in [-0.39, 0.29) is 0 Å². The Labute approximate surface area is 136 Å². The predicted molar refractivity (Wildman–Crippen MR) is 93.2 cm³/mol. The summed E-state index contributed by atoms with van der Waals surface area (Å²) in [5.41, 5.74) is 6.11. The van der Waals surface area contributed by atoms with Crippen LogP contribution in [0.15, 0.2) is 4.99 Å². The lowest BCUT2D eigenvalue weighted by Crippen LogP contribution is -2.38. The molecule has 0 aromatic heterocycles. The normalized spacial score (nSPS) is 21.8. The summed E-state index contributed by atoms with van der Waals surface area (Å²) < 4.78 is 5.95. The fourth-order valence-corrected chi connectivity index (χ4v) is 3.47. The van der Waals surface area contributed by atoms with Gasteiger partial charge in [0.1, 0.15) is 0 Å². The molecule has 0 unspecified atom stereocenters. The maximum Gasteiger partial charge on any atom is 0.191 e. The molecule has 4 nitrogen and oxygen atoms in total. The van der Waals surface area contributed by atoms with Crippen LogP contribution in [0.5, 0.6) is 0 Å². The van der Waals surface area contributed by atoms with Gasteiger partial charge in [-0.05, 0) is 44.9 Å². The quantitative estimate of drug-likeness (QED) is 0.443. The number of unbranched alkanes of at least 4 members (excludes halogenated alkanes) is 2. The van der Waals surface area contributed by atoms with Crippen LogP contribution in [0, 0.1) is 0 Å². The third kappa shape index (κ3) is 6.99. The van der Waals surface area contributed by atoms with Crippen molar-refractivity contribution in [3.8, 4) is 0 Å². The summed E-state index contributed by atoms with van der Waals surface area (Å²) in [6.07, 6.45) is 15.9. The molecule has 0 radical (unpaired) electrons. The first-order valence-corrected chi connectivity index (χ1v) is 9.53. The molecular weight excluding hydrogens is 274 g/mol. The van der Waals surface area contributed by atoms with Crippen molar-refractivity contribution in [2.24, 2.45) is 10.7 Å². The van der Waals surface area contributed by atoms with E-state index in [1.165, 1.54) is 64.2 Å². The summed E-state index contributed by atoms with van der Waals surface area (Å²) in [5, 5.41) is 0. The van der Waals surface area contributed by atoms with E-state index >= 15 is 0 Å². The topological polar surface area (TPSA) is 50.9 Å². The largest absolute Gasteiger partial charge is 0.378 e. The van der Waals surface area contributed by atoms with Gasteiger partial charge in [-0.2, -0.15) is 0 Å². The summed E-state index contributed by atoms with van der Waals surface area (Å²) in [6.45, 7) is 3.97. The molecule has 0 spiro atoms. The van der Waals surface area contributed by atoms with Crippen LogP contribution >= 0.6 is 0 Å². The first-order chi connectivity index (χ1) is 10.9. The second kappa shape index (κ2) is 10.9. The molecule has 0 aromatic carbocycles. The minimum Gasteiger partial charge on any atom is -0.378 e. The van der Waals surface area contributed by atoms with Gasteiger partial charge in [-0.15, -0.1) is 0 Å². The molecule has 2 aliphatic rings. The number of hydrogen-bond donors (Lipinski definition) is 1. The summed E-state index contributed by atoms with van der Waals surface area (Å²) in [5.74, 6) is 0.764. The number of ether oxygens (including phenoxy) is 1. The van der Waals surface area contributed by atoms with E-state index in [2.05, 4.69) is 9.89 Å². The zero-order valence-corrected chi connectivity index (χ0v) is 14.3. The molecule has 1 aliphatic carbocycles. The third-order valence-electron chi connectivity index (χ3n) is 4.91. The van der Waals surface area contributed by atoms with E-state index in [1.807, 2.05) is 0 Å². The minimum atomic E-state index is 0.547. The van der Waals surface area contributed by atoms with Gasteiger partial charge in [0, 0.05) is 26.2 Å². The van der Waals surface area contributed by atoms with Gasteiger partial charge in [-0.3, -0.25) is 4.99 Å². The Bertz CT molecular complexity index is 305. The molecule has 2 fully saturated rings. The Balaban J connectivity index is 1.48. The molecule has 1 saturated heterocycles. The smallest absolute Gasteiger partial charge is 0.191 e. The first kappa shape index (κ1) is 17.6. The van der Waals surface area contributed by atoms with Gasteiger partial charge in [-0.25, -0.2) is 0 Å². The Kier molecular flexibility index (Phi) is 8.69. The van der Waals surface area contributed by atoms with Gasteiger partial charge < -0.3 is 15.4 Å². The van der Waals surface area contributed by atoms with E-state index in [9.17, 15) is 0 Å². The van der Waals surface area contributed by atoms with Crippen molar-refractivity contribution in [2.45, 2.75) is 83.2 Å². The predicted octanol–water partition coefficient (Wildman–Crippen LogP) is 3.70. The van der Waals surface area contributed by atoms with Gasteiger partial charge in [0.15, 0.2) is 5.96 Å². The molecule has 1 aliphatic heterocycles. The average Bonchev–Trinajstić information content (AvgIpc) is 2.84. The van der Waals surface area contributed by atoms with Crippen molar-refractivity contribution in [2.75, 3.05) is 26.2 Å². The standard InChI is InChI=1S/C18H35N3O/c19-18(21-14-8-1-2-9-15-21)20-13-7-4-10-16-22-17-11-5-3-6-12-17/h17H,1-16H2,(H2,19,20). The van der Waals surface area contributed by atoms with Crippen LogP contribution in [0.2, 0.25) is 0 Å². The number of likely N-dealkylation sites (tertiary alicyclic amines) is 1. The van der Waals surface area contributed by atoms with Crippen LogP contribution in [0.4, 0.5) is 0 Å². The Morgan fingerprint density at radius 2 is 1.59 bits per heavy atom. The molecule has 4 heteroatoms. The number of nitrogens with two attached hydrogens (primary N) is 1. The van der Waals surface area contributed by atoms with Gasteiger partial charge in [0.2, 0.25) is 0 Å². The summed E-state index contributed by atoms with van der Waals surface area (Å²) >= 11 is 0. The summed E-state index contributed by atoms with van der Waals surface area (Å²) in [6, 6.07) is 0. The third-order valence-corrected chi connectivity index (χ3v) is 4.91. The molecule has 0 bridgehead atoms. The molecule has 0 amide bonds. The fraction of sp³-hybridized carbons (Fsp3) is 0.944. The first-order valence-electron chi connectivity index (χ1n) is 9.53. The molecule has 22 heavy (non-hydrogen) atoms. The molecule has 1 heterocycles. The van der Waals surface area contributed by atoms with Gasteiger partial charge in [0.05, 0.1) is 6.10 Å². The van der Waals surface area contributed by atoms with Gasteiger partial charge in [-0.1, -0.05) is 32.1 Å². The highest BCUT2D eigenvalue weighted by molar-refractivity contribution is 5.78. The number of nitrogens with zero attached hydrogens (tertiary/aromatic N) is 2. The maximum absolute atomic E-state index is 6.11. The highest BCUT2D eigenvalue weighted by Gasteiger charge is 2.13. The second-order valence-electron chi connectivity index (χ2n) is 6.83. The van der Waals surface area contributed by atoms with Crippen molar-refractivity contribution < 1.29 is 4.74 Å². The van der Waals surface area contributed by atoms with Crippen LogP contribution < -0.4 is 5.73 Å². The minimum absolute atomic E-state index is 0.547. The summed E-state index contributed by atoms with van der Waals surface area (Å²) in [7, 11) is 0. The van der Waals surface area contributed by atoms with E-state index in [0.29, 0.717) is 6.10 Å². The lowest BCUT2D eigenvalue weighted by Gasteiger charge is -2.22. The van der Waals surface area contributed by atoms with Crippen molar-refractivity contribution in [3.63, 3.8) is 0 Å². The Morgan fingerprint density at radius 1 is 0.909 bits per heavy atom. The number of hydrogen-bond acceptors (Lipinski definition) is 2. The number of rotatable bonds is 7. The SMILES string of the molecule is NC(=NCCCCCOC1CCCCC1)N1CCCCCC1. The van der Waals surface area contributed by atoms with Crippen molar-refractivity contribution >= 4 is 5.96 Å². The molecule has 0 atom stereocenters. The van der Waals surface area contributed by atoms with Crippen molar-refractivity contribution in [1.82, 2.24) is 4.90 Å². The highest BCUT2D eigenvalue weighted by Crippen LogP contribution is 2.20. The molecule has 1 saturated carbocycles. The van der Waals surface area contributed by atoms with E-state index in [4.69, 9.17) is 10.5 Å². The van der Waals surface area contributed by atoms with E-state index < -0.39 is 0 Å². The summed E-state index contributed by atoms with van der Waals surface area (Å²) in [4.78, 5) is 6.82. The molecule has 2 rings (SSSR count). The molecule has 128 valence electrons. The zero-order valence-electron chi connectivity index (χ0n) is 14.3. The lowest BCUT2D eigenvalue weighted by atomic mass is 9.98. The number of guanidine groups is 1. The van der Waals surface area contributed by atoms with Crippen LogP contribution in [-0.4, -0.2) is 43.2 Å². The van der Waals surface area contributed by atoms with E-state index in [0.717, 1.165) is 45.0 Å². The number of aliphatic imine (C=N–C) groups is 1. The van der Waals surface area contributed by atoms with E-state index in [1.54, 1.807) is 0 Å². The molecule has 2 N–H and O–H groups in total. The second-order valence-corrected chi connectivity index (χ2v) is 6.83. The average molecular weight is 309 g/mol. The monoisotopic (exact) mass is 309 g/mol.